The van der Waals surface area contributed by atoms with Crippen LogP contribution in [0.4, 0.5) is 8.78 Å². The molecule has 1 fully saturated rings. The third-order valence-electron chi connectivity index (χ3n) is 4.80. The van der Waals surface area contributed by atoms with Crippen molar-refractivity contribution in [3.05, 3.63) is 35.4 Å². The van der Waals surface area contributed by atoms with Crippen LogP contribution < -0.4 is 5.32 Å². The first kappa shape index (κ1) is 15.4. The monoisotopic (exact) mass is 281 g/mol. The molecule has 0 heterocycles. The molecule has 1 nitrogen and oxygen atoms in total. The molecule has 0 aliphatic heterocycles. The van der Waals surface area contributed by atoms with E-state index in [1.54, 1.807) is 0 Å². The van der Waals surface area contributed by atoms with Crippen LogP contribution in [0.3, 0.4) is 0 Å². The van der Waals surface area contributed by atoms with Crippen molar-refractivity contribution in [1.29, 1.82) is 0 Å². The van der Waals surface area contributed by atoms with Gasteiger partial charge in [-0.05, 0) is 49.8 Å². The molecule has 1 N–H and O–H groups in total. The lowest BCUT2D eigenvalue weighted by atomic mass is 9.73. The molecule has 3 heteroatoms. The van der Waals surface area contributed by atoms with E-state index in [4.69, 9.17) is 0 Å². The molecule has 0 saturated heterocycles. The van der Waals surface area contributed by atoms with Crippen LogP contribution in [0.1, 0.15) is 64.0 Å². The Morgan fingerprint density at radius 2 is 1.75 bits per heavy atom. The van der Waals surface area contributed by atoms with Crippen LogP contribution in [0.15, 0.2) is 18.2 Å². The number of hydrogen-bond donors (Lipinski definition) is 1. The lowest BCUT2D eigenvalue weighted by Crippen LogP contribution is -2.38. The fourth-order valence-corrected chi connectivity index (χ4v) is 3.63. The maximum atomic E-state index is 14.2. The smallest absolute Gasteiger partial charge is 0.130 e. The SMILES string of the molecule is CCCNC(c1c(F)cccc1F)C1(CC)CCCC1. The van der Waals surface area contributed by atoms with Crippen molar-refractivity contribution in [2.24, 2.45) is 5.41 Å². The third kappa shape index (κ3) is 2.88. The van der Waals surface area contributed by atoms with E-state index < -0.39 is 11.6 Å². The predicted molar refractivity (Wildman–Crippen MR) is 78.6 cm³/mol. The van der Waals surface area contributed by atoms with E-state index in [2.05, 4.69) is 19.2 Å². The van der Waals surface area contributed by atoms with Crippen molar-refractivity contribution in [2.75, 3.05) is 6.54 Å². The van der Waals surface area contributed by atoms with Gasteiger partial charge in [0.05, 0.1) is 0 Å². The minimum atomic E-state index is -0.418. The van der Waals surface area contributed by atoms with E-state index in [9.17, 15) is 8.78 Å². The molecule has 1 aromatic rings. The number of rotatable bonds is 6. The Hall–Kier alpha value is -0.960. The van der Waals surface area contributed by atoms with Crippen LogP contribution in [-0.2, 0) is 0 Å². The number of nitrogens with one attached hydrogen (secondary N) is 1. The summed E-state index contributed by atoms with van der Waals surface area (Å²) in [5, 5.41) is 3.42. The molecule has 1 atom stereocenters. The van der Waals surface area contributed by atoms with E-state index in [0.717, 1.165) is 45.1 Å². The highest BCUT2D eigenvalue weighted by Gasteiger charge is 2.42. The molecule has 112 valence electrons. The van der Waals surface area contributed by atoms with Crippen LogP contribution in [0, 0.1) is 17.0 Å². The maximum absolute atomic E-state index is 14.2. The third-order valence-corrected chi connectivity index (χ3v) is 4.80. The number of hydrogen-bond acceptors (Lipinski definition) is 1. The van der Waals surface area contributed by atoms with Crippen molar-refractivity contribution in [3.8, 4) is 0 Å². The van der Waals surface area contributed by atoms with Crippen molar-refractivity contribution < 1.29 is 8.78 Å². The standard InChI is InChI=1S/C17H25F2N/c1-3-12-20-16(17(4-2)10-5-6-11-17)15-13(18)8-7-9-14(15)19/h7-9,16,20H,3-6,10-12H2,1-2H3. The Kier molecular flexibility index (Phi) is 5.14. The normalized spacial score (nSPS) is 19.2. The first-order chi connectivity index (χ1) is 9.64. The molecule has 1 unspecified atom stereocenters. The summed E-state index contributed by atoms with van der Waals surface area (Å²) in [5.74, 6) is -0.836. The minimum Gasteiger partial charge on any atom is -0.309 e. The molecule has 1 aliphatic carbocycles. The highest BCUT2D eigenvalue weighted by atomic mass is 19.1. The summed E-state index contributed by atoms with van der Waals surface area (Å²) < 4.78 is 28.4. The van der Waals surface area contributed by atoms with Crippen LogP contribution in [0.5, 0.6) is 0 Å². The quantitative estimate of drug-likeness (QED) is 0.775. The summed E-state index contributed by atoms with van der Waals surface area (Å²) in [6.07, 6.45) is 6.36. The Balaban J connectivity index is 2.41. The van der Waals surface area contributed by atoms with Gasteiger partial charge in [-0.1, -0.05) is 32.8 Å². The summed E-state index contributed by atoms with van der Waals surface area (Å²) in [5.41, 5.74) is 0.239. The van der Waals surface area contributed by atoms with Gasteiger partial charge >= 0.3 is 0 Å². The zero-order valence-electron chi connectivity index (χ0n) is 12.5. The second-order valence-electron chi connectivity index (χ2n) is 5.95. The van der Waals surface area contributed by atoms with E-state index in [-0.39, 0.29) is 17.0 Å². The molecular formula is C17H25F2N. The van der Waals surface area contributed by atoms with Crippen LogP contribution >= 0.6 is 0 Å². The van der Waals surface area contributed by atoms with E-state index in [0.29, 0.717) is 0 Å². The van der Waals surface area contributed by atoms with Gasteiger partial charge in [-0.3, -0.25) is 0 Å². The van der Waals surface area contributed by atoms with Crippen molar-refractivity contribution in [3.63, 3.8) is 0 Å². The van der Waals surface area contributed by atoms with Gasteiger partial charge < -0.3 is 5.32 Å². The van der Waals surface area contributed by atoms with E-state index >= 15 is 0 Å². The van der Waals surface area contributed by atoms with Gasteiger partial charge in [-0.15, -0.1) is 0 Å². The first-order valence-corrected chi connectivity index (χ1v) is 7.82. The van der Waals surface area contributed by atoms with Crippen LogP contribution in [0.2, 0.25) is 0 Å². The average molecular weight is 281 g/mol. The fourth-order valence-electron chi connectivity index (χ4n) is 3.63. The topological polar surface area (TPSA) is 12.0 Å². The van der Waals surface area contributed by atoms with Gasteiger partial charge in [0.25, 0.3) is 0 Å². The lowest BCUT2D eigenvalue weighted by molar-refractivity contribution is 0.179. The Labute approximate surface area is 120 Å². The van der Waals surface area contributed by atoms with Gasteiger partial charge in [0.1, 0.15) is 11.6 Å². The molecule has 1 aromatic carbocycles. The maximum Gasteiger partial charge on any atom is 0.130 e. The van der Waals surface area contributed by atoms with Gasteiger partial charge in [0, 0.05) is 11.6 Å². The van der Waals surface area contributed by atoms with Crippen molar-refractivity contribution in [2.45, 2.75) is 58.4 Å². The highest BCUT2D eigenvalue weighted by molar-refractivity contribution is 5.26. The molecule has 0 bridgehead atoms. The summed E-state index contributed by atoms with van der Waals surface area (Å²) >= 11 is 0. The van der Waals surface area contributed by atoms with Gasteiger partial charge in [0.15, 0.2) is 0 Å². The molecule has 0 aromatic heterocycles. The second-order valence-corrected chi connectivity index (χ2v) is 5.95. The Morgan fingerprint density at radius 1 is 1.15 bits per heavy atom. The summed E-state index contributed by atoms with van der Waals surface area (Å²) in [7, 11) is 0. The van der Waals surface area contributed by atoms with Gasteiger partial charge in [-0.25, -0.2) is 8.78 Å². The van der Waals surface area contributed by atoms with E-state index in [1.807, 2.05) is 0 Å². The number of benzene rings is 1. The fraction of sp³-hybridized carbons (Fsp3) is 0.647. The molecule has 0 spiro atoms. The van der Waals surface area contributed by atoms with Crippen molar-refractivity contribution >= 4 is 0 Å². The minimum absolute atomic E-state index is 0.00178. The molecule has 2 rings (SSSR count). The molecule has 1 saturated carbocycles. The zero-order valence-corrected chi connectivity index (χ0v) is 12.5. The molecule has 1 aliphatic rings. The zero-order chi connectivity index (χ0) is 14.6. The Bertz CT molecular complexity index is 418. The molecule has 20 heavy (non-hydrogen) atoms. The van der Waals surface area contributed by atoms with E-state index in [1.165, 1.54) is 18.2 Å². The Morgan fingerprint density at radius 3 is 2.25 bits per heavy atom. The van der Waals surface area contributed by atoms with Crippen molar-refractivity contribution in [1.82, 2.24) is 5.32 Å². The van der Waals surface area contributed by atoms with Crippen LogP contribution in [-0.4, -0.2) is 6.54 Å². The van der Waals surface area contributed by atoms with Gasteiger partial charge in [-0.2, -0.15) is 0 Å². The predicted octanol–water partition coefficient (Wildman–Crippen LogP) is 4.98. The first-order valence-electron chi connectivity index (χ1n) is 7.82. The number of halogens is 2. The summed E-state index contributed by atoms with van der Waals surface area (Å²) in [6.45, 7) is 5.01. The van der Waals surface area contributed by atoms with Gasteiger partial charge in [0.2, 0.25) is 0 Å². The average Bonchev–Trinajstić information content (AvgIpc) is 2.92. The highest BCUT2D eigenvalue weighted by Crippen LogP contribution is 2.50. The molecule has 0 amide bonds. The second kappa shape index (κ2) is 6.66. The lowest BCUT2D eigenvalue weighted by Gasteiger charge is -2.38. The van der Waals surface area contributed by atoms with Crippen LogP contribution in [0.25, 0.3) is 0 Å². The molecular weight excluding hydrogens is 256 g/mol. The summed E-state index contributed by atoms with van der Waals surface area (Å²) in [4.78, 5) is 0. The largest absolute Gasteiger partial charge is 0.309 e. The summed E-state index contributed by atoms with van der Waals surface area (Å²) in [6, 6.07) is 3.98. The molecule has 0 radical (unpaired) electrons.